The first-order valence-corrected chi connectivity index (χ1v) is 5.66. The zero-order valence-corrected chi connectivity index (χ0v) is 10.1. The molecule has 1 aromatic heterocycles. The molecule has 1 fully saturated rings. The summed E-state index contributed by atoms with van der Waals surface area (Å²) in [6.45, 7) is 2.69. The van der Waals surface area contributed by atoms with Gasteiger partial charge in [0.1, 0.15) is 11.3 Å². The van der Waals surface area contributed by atoms with E-state index in [-0.39, 0.29) is 6.10 Å². The summed E-state index contributed by atoms with van der Waals surface area (Å²) in [7, 11) is 0. The van der Waals surface area contributed by atoms with E-state index in [1.807, 2.05) is 6.92 Å². The molecule has 0 saturated carbocycles. The van der Waals surface area contributed by atoms with Crippen molar-refractivity contribution < 1.29 is 4.74 Å². The Balaban J connectivity index is 2.34. The topological polar surface area (TPSA) is 35.0 Å². The molecule has 0 aliphatic carbocycles. The molecule has 0 amide bonds. The Hall–Kier alpha value is -0.190. The molecule has 76 valence electrons. The number of aromatic nitrogens is 2. The summed E-state index contributed by atoms with van der Waals surface area (Å²) in [5.41, 5.74) is 0.857. The van der Waals surface area contributed by atoms with Gasteiger partial charge in [-0.05, 0) is 35.7 Å². The van der Waals surface area contributed by atoms with Gasteiger partial charge in [-0.1, -0.05) is 11.6 Å². The van der Waals surface area contributed by atoms with E-state index in [4.69, 9.17) is 16.3 Å². The summed E-state index contributed by atoms with van der Waals surface area (Å²) in [5.74, 6) is 0.702. The summed E-state index contributed by atoms with van der Waals surface area (Å²) in [6, 6.07) is 0. The lowest BCUT2D eigenvalue weighted by Crippen LogP contribution is -2.05. The molecular formula is C9H10BrClN2O. The van der Waals surface area contributed by atoms with E-state index in [1.54, 1.807) is 0 Å². The van der Waals surface area contributed by atoms with E-state index in [9.17, 15) is 0 Å². The van der Waals surface area contributed by atoms with Gasteiger partial charge < -0.3 is 4.74 Å². The molecule has 1 atom stereocenters. The van der Waals surface area contributed by atoms with E-state index in [1.165, 1.54) is 0 Å². The Labute approximate surface area is 96.0 Å². The molecule has 1 aliphatic heterocycles. The Morgan fingerprint density at radius 2 is 2.29 bits per heavy atom. The van der Waals surface area contributed by atoms with Gasteiger partial charge in [-0.3, -0.25) is 0 Å². The van der Waals surface area contributed by atoms with Gasteiger partial charge in [-0.25, -0.2) is 9.97 Å². The minimum atomic E-state index is 0.0271. The van der Waals surface area contributed by atoms with Crippen LogP contribution in [0.1, 0.15) is 30.5 Å². The fraction of sp³-hybridized carbons (Fsp3) is 0.556. The standard InChI is InChI=1S/C9H10BrClN2O/c1-5-7(10)8(11)13-9(12-5)6-3-2-4-14-6/h6H,2-4H2,1H3. The molecule has 2 rings (SSSR count). The SMILES string of the molecule is Cc1nc(C2CCCO2)nc(Cl)c1Br. The van der Waals surface area contributed by atoms with Crippen molar-refractivity contribution in [3.63, 3.8) is 0 Å². The number of nitrogens with zero attached hydrogens (tertiary/aromatic N) is 2. The van der Waals surface area contributed by atoms with Crippen LogP contribution in [0.4, 0.5) is 0 Å². The molecule has 1 aliphatic rings. The third-order valence-corrected chi connectivity index (χ3v) is 3.66. The molecule has 0 spiro atoms. The molecule has 5 heteroatoms. The molecule has 3 nitrogen and oxygen atoms in total. The Morgan fingerprint density at radius 3 is 2.86 bits per heavy atom. The predicted octanol–water partition coefficient (Wildman–Crippen LogP) is 3.05. The second-order valence-electron chi connectivity index (χ2n) is 3.27. The highest BCUT2D eigenvalue weighted by molar-refractivity contribution is 9.10. The van der Waals surface area contributed by atoms with Gasteiger partial charge in [0, 0.05) is 6.61 Å². The number of halogens is 2. The number of aryl methyl sites for hydroxylation is 1. The second kappa shape index (κ2) is 4.13. The molecule has 2 heterocycles. The van der Waals surface area contributed by atoms with Gasteiger partial charge in [0.25, 0.3) is 0 Å². The zero-order chi connectivity index (χ0) is 10.1. The van der Waals surface area contributed by atoms with Crippen molar-refractivity contribution in [2.75, 3.05) is 6.61 Å². The highest BCUT2D eigenvalue weighted by Crippen LogP contribution is 2.30. The first kappa shape index (κ1) is 10.3. The Bertz CT molecular complexity index is 330. The highest BCUT2D eigenvalue weighted by Gasteiger charge is 2.22. The average molecular weight is 278 g/mol. The van der Waals surface area contributed by atoms with E-state index in [0.717, 1.165) is 29.6 Å². The van der Waals surface area contributed by atoms with Crippen molar-refractivity contribution in [2.24, 2.45) is 0 Å². The fourth-order valence-electron chi connectivity index (χ4n) is 1.47. The van der Waals surface area contributed by atoms with Crippen LogP contribution in [-0.4, -0.2) is 16.6 Å². The van der Waals surface area contributed by atoms with Crippen molar-refractivity contribution in [2.45, 2.75) is 25.9 Å². The summed E-state index contributed by atoms with van der Waals surface area (Å²) in [5, 5.41) is 0.461. The van der Waals surface area contributed by atoms with Crippen LogP contribution >= 0.6 is 27.5 Å². The lowest BCUT2D eigenvalue weighted by atomic mass is 10.2. The van der Waals surface area contributed by atoms with Crippen molar-refractivity contribution in [1.82, 2.24) is 9.97 Å². The van der Waals surface area contributed by atoms with E-state index < -0.39 is 0 Å². The van der Waals surface area contributed by atoms with Crippen LogP contribution in [-0.2, 0) is 4.74 Å². The largest absolute Gasteiger partial charge is 0.370 e. The van der Waals surface area contributed by atoms with Gasteiger partial charge >= 0.3 is 0 Å². The van der Waals surface area contributed by atoms with Crippen LogP contribution < -0.4 is 0 Å². The minimum Gasteiger partial charge on any atom is -0.370 e. The number of rotatable bonds is 1. The molecule has 1 unspecified atom stereocenters. The normalized spacial score (nSPS) is 21.5. The Kier molecular flexibility index (Phi) is 3.04. The predicted molar refractivity (Wildman–Crippen MR) is 57.4 cm³/mol. The lowest BCUT2D eigenvalue weighted by Gasteiger charge is -2.09. The molecule has 1 saturated heterocycles. The molecule has 0 aromatic carbocycles. The minimum absolute atomic E-state index is 0.0271. The maximum Gasteiger partial charge on any atom is 0.159 e. The maximum absolute atomic E-state index is 5.94. The van der Waals surface area contributed by atoms with Crippen molar-refractivity contribution in [3.8, 4) is 0 Å². The fourth-order valence-corrected chi connectivity index (χ4v) is 1.87. The van der Waals surface area contributed by atoms with E-state index in [2.05, 4.69) is 25.9 Å². The summed E-state index contributed by atoms with van der Waals surface area (Å²) in [4.78, 5) is 8.55. The monoisotopic (exact) mass is 276 g/mol. The molecule has 0 radical (unpaired) electrons. The van der Waals surface area contributed by atoms with Gasteiger partial charge in [0.15, 0.2) is 5.82 Å². The number of hydrogen-bond donors (Lipinski definition) is 0. The van der Waals surface area contributed by atoms with Gasteiger partial charge in [0.05, 0.1) is 10.2 Å². The molecule has 0 bridgehead atoms. The Morgan fingerprint density at radius 1 is 1.50 bits per heavy atom. The van der Waals surface area contributed by atoms with E-state index >= 15 is 0 Å². The smallest absolute Gasteiger partial charge is 0.159 e. The average Bonchev–Trinajstić information content (AvgIpc) is 2.66. The summed E-state index contributed by atoms with van der Waals surface area (Å²) < 4.78 is 6.25. The van der Waals surface area contributed by atoms with Crippen molar-refractivity contribution >= 4 is 27.5 Å². The molecular weight excluding hydrogens is 267 g/mol. The van der Waals surface area contributed by atoms with Crippen LogP contribution in [0.5, 0.6) is 0 Å². The number of ether oxygens (including phenoxy) is 1. The molecule has 14 heavy (non-hydrogen) atoms. The molecule has 0 N–H and O–H groups in total. The van der Waals surface area contributed by atoms with Crippen LogP contribution in [0.25, 0.3) is 0 Å². The molecule has 1 aromatic rings. The van der Waals surface area contributed by atoms with E-state index in [0.29, 0.717) is 11.0 Å². The second-order valence-corrected chi connectivity index (χ2v) is 4.42. The van der Waals surface area contributed by atoms with Crippen LogP contribution in [0.2, 0.25) is 5.15 Å². The van der Waals surface area contributed by atoms with Gasteiger partial charge in [-0.2, -0.15) is 0 Å². The summed E-state index contributed by atoms with van der Waals surface area (Å²) in [6.07, 6.45) is 2.08. The van der Waals surface area contributed by atoms with Gasteiger partial charge in [0.2, 0.25) is 0 Å². The first-order chi connectivity index (χ1) is 6.68. The van der Waals surface area contributed by atoms with Crippen LogP contribution in [0.15, 0.2) is 4.47 Å². The third-order valence-electron chi connectivity index (χ3n) is 2.21. The maximum atomic E-state index is 5.94. The third kappa shape index (κ3) is 1.92. The first-order valence-electron chi connectivity index (χ1n) is 4.49. The lowest BCUT2D eigenvalue weighted by molar-refractivity contribution is 0.105. The summed E-state index contributed by atoms with van der Waals surface area (Å²) >= 11 is 9.27. The van der Waals surface area contributed by atoms with Crippen molar-refractivity contribution in [3.05, 3.63) is 21.1 Å². The van der Waals surface area contributed by atoms with Gasteiger partial charge in [-0.15, -0.1) is 0 Å². The quantitative estimate of drug-likeness (QED) is 0.740. The highest BCUT2D eigenvalue weighted by atomic mass is 79.9. The van der Waals surface area contributed by atoms with Crippen LogP contribution in [0, 0.1) is 6.92 Å². The van der Waals surface area contributed by atoms with Crippen molar-refractivity contribution in [1.29, 1.82) is 0 Å². The van der Waals surface area contributed by atoms with Crippen LogP contribution in [0.3, 0.4) is 0 Å². The number of hydrogen-bond acceptors (Lipinski definition) is 3. The zero-order valence-electron chi connectivity index (χ0n) is 7.76.